The van der Waals surface area contributed by atoms with Gasteiger partial charge in [0.25, 0.3) is 5.91 Å². The molecular weight excluding hydrogens is 362 g/mol. The molecule has 1 unspecified atom stereocenters. The topological polar surface area (TPSA) is 93.9 Å². The van der Waals surface area contributed by atoms with Crippen LogP contribution in [0.15, 0.2) is 28.8 Å². The number of amides is 2. The van der Waals surface area contributed by atoms with Gasteiger partial charge in [-0.25, -0.2) is 0 Å². The van der Waals surface area contributed by atoms with Gasteiger partial charge in [0.15, 0.2) is 11.5 Å². The number of aromatic nitrogens is 1. The Morgan fingerprint density at radius 3 is 2.71 bits per heavy atom. The lowest BCUT2D eigenvalue weighted by atomic mass is 10.1. The van der Waals surface area contributed by atoms with Gasteiger partial charge in [0.2, 0.25) is 5.91 Å². The van der Waals surface area contributed by atoms with Crippen molar-refractivity contribution in [2.24, 2.45) is 0 Å². The second kappa shape index (κ2) is 8.33. The van der Waals surface area contributed by atoms with Crippen molar-refractivity contribution in [3.63, 3.8) is 0 Å². The number of likely N-dealkylation sites (tertiary alicyclic amines) is 1. The number of nitrogens with zero attached hydrogens (tertiary/aromatic N) is 2. The van der Waals surface area contributed by atoms with Gasteiger partial charge in [0.1, 0.15) is 17.5 Å². The molecule has 1 aliphatic rings. The number of hydrogen-bond donors (Lipinski definition) is 1. The van der Waals surface area contributed by atoms with Crippen LogP contribution in [0.4, 0.5) is 0 Å². The number of carbonyl (C=O) groups excluding carboxylic acids is 2. The molecule has 2 amide bonds. The Morgan fingerprint density at radius 1 is 1.25 bits per heavy atom. The van der Waals surface area contributed by atoms with Crippen LogP contribution in [0.25, 0.3) is 11.3 Å². The Morgan fingerprint density at radius 2 is 2.04 bits per heavy atom. The van der Waals surface area contributed by atoms with Crippen molar-refractivity contribution in [1.82, 2.24) is 15.4 Å². The fourth-order valence-corrected chi connectivity index (χ4v) is 3.32. The van der Waals surface area contributed by atoms with Crippen LogP contribution in [0.3, 0.4) is 0 Å². The molecular formula is C20H25N3O5. The number of methoxy groups -OCH3 is 2. The molecule has 0 radical (unpaired) electrons. The normalized spacial score (nSPS) is 16.3. The van der Waals surface area contributed by atoms with Crippen LogP contribution in [-0.2, 0) is 4.79 Å². The van der Waals surface area contributed by atoms with Crippen LogP contribution < -0.4 is 14.8 Å². The van der Waals surface area contributed by atoms with E-state index in [2.05, 4.69) is 10.5 Å². The Kier molecular flexibility index (Phi) is 5.87. The summed E-state index contributed by atoms with van der Waals surface area (Å²) in [6.45, 7) is 4.30. The Labute approximate surface area is 163 Å². The van der Waals surface area contributed by atoms with E-state index in [0.29, 0.717) is 35.8 Å². The highest BCUT2D eigenvalue weighted by Gasteiger charge is 2.36. The third kappa shape index (κ3) is 3.95. The summed E-state index contributed by atoms with van der Waals surface area (Å²) >= 11 is 0. The minimum Gasteiger partial charge on any atom is -0.497 e. The number of ether oxygens (including phenoxy) is 2. The van der Waals surface area contributed by atoms with E-state index in [-0.39, 0.29) is 23.6 Å². The van der Waals surface area contributed by atoms with E-state index in [1.54, 1.807) is 43.4 Å². The molecule has 2 aromatic rings. The second-order valence-electron chi connectivity index (χ2n) is 6.96. The van der Waals surface area contributed by atoms with Crippen LogP contribution in [0.5, 0.6) is 11.5 Å². The van der Waals surface area contributed by atoms with Gasteiger partial charge in [-0.3, -0.25) is 9.59 Å². The summed E-state index contributed by atoms with van der Waals surface area (Å²) in [5.74, 6) is 1.13. The molecule has 1 fully saturated rings. The fraction of sp³-hybridized carbons (Fsp3) is 0.450. The molecule has 150 valence electrons. The molecule has 1 saturated heterocycles. The summed E-state index contributed by atoms with van der Waals surface area (Å²) in [5.41, 5.74) is 0.785. The second-order valence-corrected chi connectivity index (χ2v) is 6.96. The van der Waals surface area contributed by atoms with Gasteiger partial charge in [-0.2, -0.15) is 0 Å². The van der Waals surface area contributed by atoms with Crippen LogP contribution in [-0.4, -0.2) is 54.7 Å². The minimum atomic E-state index is -0.485. The van der Waals surface area contributed by atoms with Gasteiger partial charge in [0.05, 0.1) is 19.8 Å². The minimum absolute atomic E-state index is 0.0178. The lowest BCUT2D eigenvalue weighted by Gasteiger charge is -2.23. The van der Waals surface area contributed by atoms with Crippen molar-refractivity contribution in [2.75, 3.05) is 20.8 Å². The van der Waals surface area contributed by atoms with Crippen molar-refractivity contribution in [1.29, 1.82) is 0 Å². The maximum atomic E-state index is 12.9. The number of carbonyl (C=O) groups is 2. The molecule has 0 aliphatic carbocycles. The summed E-state index contributed by atoms with van der Waals surface area (Å²) in [6.07, 6.45) is 1.41. The molecule has 28 heavy (non-hydrogen) atoms. The summed E-state index contributed by atoms with van der Waals surface area (Å²) in [6, 6.07) is 6.38. The summed E-state index contributed by atoms with van der Waals surface area (Å²) in [7, 11) is 3.12. The summed E-state index contributed by atoms with van der Waals surface area (Å²) < 4.78 is 16.0. The molecule has 2 heterocycles. The van der Waals surface area contributed by atoms with Crippen LogP contribution in [0, 0.1) is 0 Å². The Balaban J connectivity index is 1.84. The van der Waals surface area contributed by atoms with Crippen molar-refractivity contribution in [2.45, 2.75) is 38.8 Å². The standard InChI is InChI=1S/C20H25N3O5/c1-12(2)21-19(24)16-6-5-9-23(16)20(25)15-11-18(28-22-15)14-10-13(26-3)7-8-17(14)27-4/h7-8,10-12,16H,5-6,9H2,1-4H3,(H,21,24). The van der Waals surface area contributed by atoms with E-state index in [4.69, 9.17) is 14.0 Å². The third-order valence-corrected chi connectivity index (χ3v) is 4.65. The highest BCUT2D eigenvalue weighted by molar-refractivity contribution is 5.97. The molecule has 3 rings (SSSR count). The SMILES string of the molecule is COc1ccc(OC)c(-c2cc(C(=O)N3CCCC3C(=O)NC(C)C)no2)c1. The van der Waals surface area contributed by atoms with Gasteiger partial charge in [-0.05, 0) is 44.9 Å². The molecule has 8 nitrogen and oxygen atoms in total. The maximum absolute atomic E-state index is 12.9. The van der Waals surface area contributed by atoms with Crippen molar-refractivity contribution >= 4 is 11.8 Å². The molecule has 1 N–H and O–H groups in total. The molecule has 0 spiro atoms. The highest BCUT2D eigenvalue weighted by atomic mass is 16.5. The van der Waals surface area contributed by atoms with E-state index in [0.717, 1.165) is 6.42 Å². The van der Waals surface area contributed by atoms with Gasteiger partial charge in [-0.1, -0.05) is 5.16 Å². The third-order valence-electron chi connectivity index (χ3n) is 4.65. The predicted molar refractivity (Wildman–Crippen MR) is 102 cm³/mol. The van der Waals surface area contributed by atoms with Gasteiger partial charge in [-0.15, -0.1) is 0 Å². The number of rotatable bonds is 6. The highest BCUT2D eigenvalue weighted by Crippen LogP contribution is 2.34. The van der Waals surface area contributed by atoms with Crippen molar-refractivity contribution in [3.05, 3.63) is 30.0 Å². The zero-order valence-corrected chi connectivity index (χ0v) is 16.5. The lowest BCUT2D eigenvalue weighted by Crippen LogP contribution is -2.47. The molecule has 1 aromatic carbocycles. The first-order valence-electron chi connectivity index (χ1n) is 9.25. The zero-order valence-electron chi connectivity index (χ0n) is 16.5. The smallest absolute Gasteiger partial charge is 0.276 e. The molecule has 0 saturated carbocycles. The van der Waals surface area contributed by atoms with Crippen LogP contribution in [0.1, 0.15) is 37.2 Å². The monoisotopic (exact) mass is 387 g/mol. The van der Waals surface area contributed by atoms with Gasteiger partial charge < -0.3 is 24.2 Å². The fourth-order valence-electron chi connectivity index (χ4n) is 3.32. The van der Waals surface area contributed by atoms with Gasteiger partial charge >= 0.3 is 0 Å². The first-order valence-corrected chi connectivity index (χ1v) is 9.25. The van der Waals surface area contributed by atoms with Crippen LogP contribution in [0.2, 0.25) is 0 Å². The van der Waals surface area contributed by atoms with Crippen molar-refractivity contribution in [3.8, 4) is 22.8 Å². The first kappa shape index (κ1) is 19.7. The van der Waals surface area contributed by atoms with E-state index >= 15 is 0 Å². The Hall–Kier alpha value is -3.03. The quantitative estimate of drug-likeness (QED) is 0.818. The summed E-state index contributed by atoms with van der Waals surface area (Å²) in [5, 5.41) is 6.80. The van der Waals surface area contributed by atoms with Crippen LogP contribution >= 0.6 is 0 Å². The number of benzene rings is 1. The van der Waals surface area contributed by atoms with Crippen molar-refractivity contribution < 1.29 is 23.6 Å². The molecule has 1 aliphatic heterocycles. The van der Waals surface area contributed by atoms with E-state index in [9.17, 15) is 9.59 Å². The first-order chi connectivity index (χ1) is 13.4. The average molecular weight is 387 g/mol. The molecule has 1 aromatic heterocycles. The summed E-state index contributed by atoms with van der Waals surface area (Å²) in [4.78, 5) is 26.9. The predicted octanol–water partition coefficient (Wildman–Crippen LogP) is 2.49. The molecule has 0 bridgehead atoms. The largest absolute Gasteiger partial charge is 0.497 e. The molecule has 8 heteroatoms. The zero-order chi connectivity index (χ0) is 20.3. The maximum Gasteiger partial charge on any atom is 0.276 e. The lowest BCUT2D eigenvalue weighted by molar-refractivity contribution is -0.125. The van der Waals surface area contributed by atoms with E-state index in [1.165, 1.54) is 0 Å². The number of hydrogen-bond acceptors (Lipinski definition) is 6. The average Bonchev–Trinajstić information content (AvgIpc) is 3.36. The van der Waals surface area contributed by atoms with E-state index < -0.39 is 6.04 Å². The molecule has 1 atom stereocenters. The number of nitrogens with one attached hydrogen (secondary N) is 1. The Bertz CT molecular complexity index is 861. The van der Waals surface area contributed by atoms with Gasteiger partial charge in [0, 0.05) is 18.7 Å². The van der Waals surface area contributed by atoms with E-state index in [1.807, 2.05) is 13.8 Å².